The first-order valence-corrected chi connectivity index (χ1v) is 13.0. The molecule has 1 aliphatic rings. The molecule has 2 heterocycles. The molecule has 0 bridgehead atoms. The van der Waals surface area contributed by atoms with Crippen molar-refractivity contribution < 1.29 is 27.8 Å². The number of hydrogen-bond acceptors (Lipinski definition) is 6. The number of hydrogen-bond donors (Lipinski definition) is 2. The van der Waals surface area contributed by atoms with Gasteiger partial charge in [-0.3, -0.25) is 4.79 Å². The maximum absolute atomic E-state index is 14.7. The van der Waals surface area contributed by atoms with Crippen LogP contribution in [0.15, 0.2) is 54.7 Å². The first kappa shape index (κ1) is 28.8. The number of aromatic nitrogens is 2. The number of amides is 2. The summed E-state index contributed by atoms with van der Waals surface area (Å²) in [4.78, 5) is 33.7. The Morgan fingerprint density at radius 3 is 2.55 bits per heavy atom. The quantitative estimate of drug-likeness (QED) is 0.389. The number of ether oxygens (including phenoxy) is 2. The molecule has 8 nitrogen and oxygen atoms in total. The molecule has 2 aromatic carbocycles. The SMILES string of the molecule is C[C@@H](NC(=O)c1ccnc(C2=CCOCC2)n1)c1ccc(-c2cc(F)cc(F)c2CNC(=O)OC(C)(C)C)cc1. The molecule has 1 aliphatic heterocycles. The average Bonchev–Trinajstić information content (AvgIpc) is 2.92. The van der Waals surface area contributed by atoms with Crippen LogP contribution in [0.1, 0.15) is 67.6 Å². The van der Waals surface area contributed by atoms with Crippen LogP contribution >= 0.6 is 0 Å². The van der Waals surface area contributed by atoms with E-state index >= 15 is 0 Å². The fourth-order valence-electron chi connectivity index (χ4n) is 4.19. The van der Waals surface area contributed by atoms with E-state index in [-0.39, 0.29) is 29.8 Å². The van der Waals surface area contributed by atoms with Crippen LogP contribution < -0.4 is 10.6 Å². The third-order valence-corrected chi connectivity index (χ3v) is 6.18. The van der Waals surface area contributed by atoms with Gasteiger partial charge in [0.1, 0.15) is 22.9 Å². The van der Waals surface area contributed by atoms with Gasteiger partial charge in [-0.15, -0.1) is 0 Å². The Hall–Kier alpha value is -4.18. The van der Waals surface area contributed by atoms with E-state index in [9.17, 15) is 18.4 Å². The van der Waals surface area contributed by atoms with Gasteiger partial charge in [-0.05, 0) is 68.5 Å². The van der Waals surface area contributed by atoms with E-state index in [1.165, 1.54) is 6.07 Å². The Morgan fingerprint density at radius 2 is 1.88 bits per heavy atom. The van der Waals surface area contributed by atoms with Crippen LogP contribution in [0.3, 0.4) is 0 Å². The summed E-state index contributed by atoms with van der Waals surface area (Å²) in [7, 11) is 0. The van der Waals surface area contributed by atoms with Gasteiger partial charge < -0.3 is 20.1 Å². The predicted molar refractivity (Wildman–Crippen MR) is 146 cm³/mol. The highest BCUT2D eigenvalue weighted by atomic mass is 19.1. The summed E-state index contributed by atoms with van der Waals surface area (Å²) in [5, 5.41) is 5.45. The Bertz CT molecular complexity index is 1420. The van der Waals surface area contributed by atoms with Gasteiger partial charge in [0.15, 0.2) is 5.82 Å². The molecule has 40 heavy (non-hydrogen) atoms. The number of nitrogens with zero attached hydrogens (tertiary/aromatic N) is 2. The van der Waals surface area contributed by atoms with Crippen LogP contribution in [0.4, 0.5) is 13.6 Å². The van der Waals surface area contributed by atoms with Crippen molar-refractivity contribution in [1.82, 2.24) is 20.6 Å². The van der Waals surface area contributed by atoms with E-state index in [1.54, 1.807) is 57.3 Å². The van der Waals surface area contributed by atoms with Gasteiger partial charge in [-0.2, -0.15) is 0 Å². The minimum atomic E-state index is -0.781. The molecule has 2 amide bonds. The molecule has 210 valence electrons. The van der Waals surface area contributed by atoms with Crippen molar-refractivity contribution in [1.29, 1.82) is 0 Å². The fourth-order valence-corrected chi connectivity index (χ4v) is 4.19. The molecule has 0 aliphatic carbocycles. The number of carbonyl (C=O) groups is 2. The average molecular weight is 551 g/mol. The smallest absolute Gasteiger partial charge is 0.407 e. The standard InChI is InChI=1S/C30H32F2N4O4/c1-18(35-28(37)26-9-12-33-27(36-26)21-10-13-39-14-11-21)19-5-7-20(8-6-19)23-15-22(31)16-25(32)24(23)17-34-29(38)40-30(2,3)4/h5-10,12,15-16,18H,11,13-14,17H2,1-4H3,(H,34,38)(H,35,37)/t18-/m1/s1. The van der Waals surface area contributed by atoms with E-state index in [4.69, 9.17) is 9.47 Å². The van der Waals surface area contributed by atoms with Crippen LogP contribution in [0, 0.1) is 11.6 Å². The van der Waals surface area contributed by atoms with Gasteiger partial charge in [0, 0.05) is 24.4 Å². The highest BCUT2D eigenvalue weighted by molar-refractivity contribution is 5.92. The third-order valence-electron chi connectivity index (χ3n) is 6.18. The summed E-state index contributed by atoms with van der Waals surface area (Å²) in [5.74, 6) is -1.36. The molecule has 10 heteroatoms. The highest BCUT2D eigenvalue weighted by Crippen LogP contribution is 2.29. The molecule has 1 aromatic heterocycles. The first-order valence-electron chi connectivity index (χ1n) is 13.0. The van der Waals surface area contributed by atoms with Gasteiger partial charge in [0.2, 0.25) is 0 Å². The molecule has 1 atom stereocenters. The molecule has 3 aromatic rings. The number of nitrogens with one attached hydrogen (secondary N) is 2. The number of rotatable bonds is 7. The molecule has 0 spiro atoms. The van der Waals surface area contributed by atoms with E-state index < -0.39 is 23.3 Å². The lowest BCUT2D eigenvalue weighted by Gasteiger charge is -2.20. The molecule has 0 saturated carbocycles. The summed E-state index contributed by atoms with van der Waals surface area (Å²) in [6, 6.07) is 10.1. The Balaban J connectivity index is 1.47. The second-order valence-corrected chi connectivity index (χ2v) is 10.4. The van der Waals surface area contributed by atoms with E-state index in [1.807, 2.05) is 13.0 Å². The zero-order chi connectivity index (χ0) is 28.9. The molecule has 0 radical (unpaired) electrons. The Morgan fingerprint density at radius 1 is 1.12 bits per heavy atom. The van der Waals surface area contributed by atoms with Crippen molar-refractivity contribution in [2.24, 2.45) is 0 Å². The zero-order valence-corrected chi connectivity index (χ0v) is 22.9. The first-order chi connectivity index (χ1) is 19.0. The Labute approximate surface area is 231 Å². The number of carbonyl (C=O) groups excluding carboxylic acids is 2. The zero-order valence-electron chi connectivity index (χ0n) is 22.9. The molecule has 4 rings (SSSR count). The van der Waals surface area contributed by atoms with Crippen LogP contribution in [-0.4, -0.2) is 40.8 Å². The van der Waals surface area contributed by atoms with Gasteiger partial charge in [-0.1, -0.05) is 30.3 Å². The molecule has 2 N–H and O–H groups in total. The lowest BCUT2D eigenvalue weighted by molar-refractivity contribution is 0.0523. The van der Waals surface area contributed by atoms with Crippen molar-refractivity contribution in [2.45, 2.75) is 52.3 Å². The van der Waals surface area contributed by atoms with Crippen molar-refractivity contribution in [3.05, 3.63) is 89.0 Å². The van der Waals surface area contributed by atoms with Crippen molar-refractivity contribution in [3.63, 3.8) is 0 Å². The maximum atomic E-state index is 14.7. The highest BCUT2D eigenvalue weighted by Gasteiger charge is 2.20. The van der Waals surface area contributed by atoms with Gasteiger partial charge in [-0.25, -0.2) is 23.5 Å². The molecular formula is C30H32F2N4O4. The lowest BCUT2D eigenvalue weighted by Crippen LogP contribution is -2.32. The van der Waals surface area contributed by atoms with E-state index in [0.717, 1.165) is 17.2 Å². The number of benzene rings is 2. The molecular weight excluding hydrogens is 518 g/mol. The number of halogens is 2. The summed E-state index contributed by atoms with van der Waals surface area (Å²) < 4.78 is 39.4. The van der Waals surface area contributed by atoms with Crippen molar-refractivity contribution >= 4 is 17.6 Å². The maximum Gasteiger partial charge on any atom is 0.407 e. The number of alkyl carbamates (subject to hydrolysis) is 1. The lowest BCUT2D eigenvalue weighted by atomic mass is 9.96. The normalized spacial score (nSPS) is 14.2. The summed E-state index contributed by atoms with van der Waals surface area (Å²) in [5.41, 5.74) is 2.23. The monoisotopic (exact) mass is 550 g/mol. The van der Waals surface area contributed by atoms with Gasteiger partial charge >= 0.3 is 6.09 Å². The third kappa shape index (κ3) is 7.47. The van der Waals surface area contributed by atoms with E-state index in [0.29, 0.717) is 36.6 Å². The largest absolute Gasteiger partial charge is 0.444 e. The Kier molecular flexibility index (Phi) is 8.89. The molecule has 0 unspecified atom stereocenters. The van der Waals surface area contributed by atoms with Crippen LogP contribution in [-0.2, 0) is 16.0 Å². The minimum absolute atomic E-state index is 0.126. The topological polar surface area (TPSA) is 102 Å². The van der Waals surface area contributed by atoms with E-state index in [2.05, 4.69) is 20.6 Å². The predicted octanol–water partition coefficient (Wildman–Crippen LogP) is 5.74. The second-order valence-electron chi connectivity index (χ2n) is 10.4. The van der Waals surface area contributed by atoms with Gasteiger partial charge in [0.05, 0.1) is 19.3 Å². The summed E-state index contributed by atoms with van der Waals surface area (Å²) in [6.07, 6.45) is 3.44. The summed E-state index contributed by atoms with van der Waals surface area (Å²) in [6.45, 7) is 7.88. The van der Waals surface area contributed by atoms with Crippen molar-refractivity contribution in [3.8, 4) is 11.1 Å². The molecule has 0 saturated heterocycles. The van der Waals surface area contributed by atoms with Crippen LogP contribution in [0.5, 0.6) is 0 Å². The summed E-state index contributed by atoms with van der Waals surface area (Å²) >= 11 is 0. The van der Waals surface area contributed by atoms with Crippen LogP contribution in [0.2, 0.25) is 0 Å². The van der Waals surface area contributed by atoms with Crippen LogP contribution in [0.25, 0.3) is 16.7 Å². The molecule has 0 fully saturated rings. The van der Waals surface area contributed by atoms with Crippen molar-refractivity contribution in [2.75, 3.05) is 13.2 Å². The van der Waals surface area contributed by atoms with Gasteiger partial charge in [0.25, 0.3) is 5.91 Å². The minimum Gasteiger partial charge on any atom is -0.444 e. The second kappa shape index (κ2) is 12.3. The fraction of sp³-hybridized carbons (Fsp3) is 0.333.